The average Bonchev–Trinajstić information content (AvgIpc) is 2.81. The summed E-state index contributed by atoms with van der Waals surface area (Å²) in [5, 5.41) is 6.01. The Hall–Kier alpha value is -3.16. The zero-order chi connectivity index (χ0) is 23.1. The normalized spacial score (nSPS) is 19.3. The van der Waals surface area contributed by atoms with Crippen molar-refractivity contribution >= 4 is 30.2 Å². The summed E-state index contributed by atoms with van der Waals surface area (Å²) >= 11 is 0. The molecule has 1 aromatic rings. The summed E-state index contributed by atoms with van der Waals surface area (Å²) in [6.45, 7) is 6.21. The van der Waals surface area contributed by atoms with Gasteiger partial charge < -0.3 is 20.4 Å². The fourth-order valence-corrected chi connectivity index (χ4v) is 4.40. The van der Waals surface area contributed by atoms with Crippen LogP contribution >= 0.6 is 0 Å². The first-order valence-electron chi connectivity index (χ1n) is 11.2. The molecule has 32 heavy (non-hydrogen) atoms. The number of piperidine rings is 2. The zero-order valence-electron chi connectivity index (χ0n) is 18.6. The number of likely N-dealkylation sites (N-methyl/N-ethyl adjacent to an activating group) is 1. The molecule has 3 rings (SSSR count). The number of carbonyl (C=O) groups is 4. The number of carbonyl (C=O) groups excluding carboxylic acids is 4. The molecule has 172 valence electrons. The van der Waals surface area contributed by atoms with Gasteiger partial charge in [-0.05, 0) is 62.6 Å². The van der Waals surface area contributed by atoms with Crippen molar-refractivity contribution in [2.45, 2.75) is 44.6 Å². The van der Waals surface area contributed by atoms with Crippen LogP contribution in [0.15, 0.2) is 30.5 Å². The van der Waals surface area contributed by atoms with Gasteiger partial charge in [-0.1, -0.05) is 6.58 Å². The molecule has 0 aromatic heterocycles. The van der Waals surface area contributed by atoms with Crippen molar-refractivity contribution in [3.63, 3.8) is 0 Å². The second kappa shape index (κ2) is 10.9. The molecular formula is C24H32N4O4. The van der Waals surface area contributed by atoms with Gasteiger partial charge in [-0.15, -0.1) is 0 Å². The fraction of sp³-hybridized carbons (Fsp3) is 0.500. The van der Waals surface area contributed by atoms with Gasteiger partial charge in [-0.2, -0.15) is 0 Å². The van der Waals surface area contributed by atoms with Crippen LogP contribution in [0.3, 0.4) is 0 Å². The Morgan fingerprint density at radius 1 is 1.28 bits per heavy atom. The van der Waals surface area contributed by atoms with E-state index >= 15 is 0 Å². The summed E-state index contributed by atoms with van der Waals surface area (Å²) in [5.74, 6) is 0.0380. The number of anilines is 1. The topological polar surface area (TPSA) is 98.8 Å². The Kier molecular flexibility index (Phi) is 8.03. The molecule has 0 bridgehead atoms. The lowest BCUT2D eigenvalue weighted by Crippen LogP contribution is -2.50. The number of hydrogen-bond donors (Lipinski definition) is 2. The number of nitrogens with one attached hydrogen (secondary N) is 2. The number of rotatable bonds is 9. The second-order valence-electron chi connectivity index (χ2n) is 8.64. The third-order valence-electron chi connectivity index (χ3n) is 6.44. The standard InChI is InChI=1S/C24H32N4O4/c1-17-5-8-22(23(31)26-17)27(2)24(32)21-7-6-20(14-19(21)15-29)25-11-3-4-18-9-12-28(16-30)13-10-18/h6-7,14-16,18,22,25H,1,3-5,8-13H2,2H3,(H,26,31). The predicted molar refractivity (Wildman–Crippen MR) is 122 cm³/mol. The Balaban J connectivity index is 1.53. The van der Waals surface area contributed by atoms with Crippen LogP contribution in [0, 0.1) is 5.92 Å². The summed E-state index contributed by atoms with van der Waals surface area (Å²) in [6.07, 6.45) is 6.91. The van der Waals surface area contributed by atoms with E-state index < -0.39 is 6.04 Å². The molecule has 0 spiro atoms. The average molecular weight is 441 g/mol. The van der Waals surface area contributed by atoms with E-state index in [0.29, 0.717) is 36.3 Å². The van der Waals surface area contributed by atoms with Crippen molar-refractivity contribution in [1.29, 1.82) is 0 Å². The molecule has 2 aliphatic rings. The van der Waals surface area contributed by atoms with E-state index in [-0.39, 0.29) is 17.4 Å². The number of benzene rings is 1. The monoisotopic (exact) mass is 440 g/mol. The van der Waals surface area contributed by atoms with Gasteiger partial charge in [0.2, 0.25) is 12.3 Å². The SMILES string of the molecule is C=C1CCC(N(C)C(=O)c2ccc(NCCCC3CCN(C=O)CC3)cc2C=O)C(=O)N1. The highest BCUT2D eigenvalue weighted by Crippen LogP contribution is 2.23. The third kappa shape index (κ3) is 5.75. The molecule has 2 fully saturated rings. The number of allylic oxidation sites excluding steroid dienone is 1. The molecule has 2 heterocycles. The lowest BCUT2D eigenvalue weighted by molar-refractivity contribution is -0.125. The molecule has 1 atom stereocenters. The molecule has 2 saturated heterocycles. The quantitative estimate of drug-likeness (QED) is 0.454. The Labute approximate surface area is 189 Å². The molecule has 1 aromatic carbocycles. The minimum Gasteiger partial charge on any atom is -0.385 e. The molecule has 3 amide bonds. The summed E-state index contributed by atoms with van der Waals surface area (Å²) in [4.78, 5) is 50.9. The summed E-state index contributed by atoms with van der Waals surface area (Å²) in [5.41, 5.74) is 2.03. The van der Waals surface area contributed by atoms with Crippen LogP contribution in [0.4, 0.5) is 5.69 Å². The molecule has 1 unspecified atom stereocenters. The maximum Gasteiger partial charge on any atom is 0.255 e. The largest absolute Gasteiger partial charge is 0.385 e. The molecule has 2 aliphatic heterocycles. The van der Waals surface area contributed by atoms with Crippen molar-refractivity contribution in [2.24, 2.45) is 5.92 Å². The fourth-order valence-electron chi connectivity index (χ4n) is 4.40. The van der Waals surface area contributed by atoms with Crippen LogP contribution in [-0.4, -0.2) is 67.0 Å². The molecular weight excluding hydrogens is 408 g/mol. The van der Waals surface area contributed by atoms with Crippen LogP contribution in [0.25, 0.3) is 0 Å². The van der Waals surface area contributed by atoms with Gasteiger partial charge in [-0.3, -0.25) is 19.2 Å². The van der Waals surface area contributed by atoms with Gasteiger partial charge in [0.05, 0.1) is 5.56 Å². The smallest absolute Gasteiger partial charge is 0.255 e. The predicted octanol–water partition coefficient (Wildman–Crippen LogP) is 2.42. The molecule has 0 radical (unpaired) electrons. The van der Waals surface area contributed by atoms with Crippen LogP contribution < -0.4 is 10.6 Å². The number of nitrogens with zero attached hydrogens (tertiary/aromatic N) is 2. The van der Waals surface area contributed by atoms with Gasteiger partial charge in [-0.25, -0.2) is 0 Å². The number of likely N-dealkylation sites (tertiary alicyclic amines) is 1. The number of amides is 3. The van der Waals surface area contributed by atoms with Gasteiger partial charge in [0.25, 0.3) is 5.91 Å². The van der Waals surface area contributed by atoms with Gasteiger partial charge >= 0.3 is 0 Å². The lowest BCUT2D eigenvalue weighted by atomic mass is 9.92. The van der Waals surface area contributed by atoms with Crippen LogP contribution in [0.2, 0.25) is 0 Å². The Morgan fingerprint density at radius 3 is 2.69 bits per heavy atom. The zero-order valence-corrected chi connectivity index (χ0v) is 18.6. The minimum absolute atomic E-state index is 0.250. The van der Waals surface area contributed by atoms with E-state index in [1.165, 1.54) is 4.90 Å². The highest BCUT2D eigenvalue weighted by Gasteiger charge is 2.31. The van der Waals surface area contributed by atoms with Crippen molar-refractivity contribution < 1.29 is 19.2 Å². The molecule has 0 saturated carbocycles. The maximum absolute atomic E-state index is 13.0. The van der Waals surface area contributed by atoms with E-state index in [9.17, 15) is 19.2 Å². The van der Waals surface area contributed by atoms with Gasteiger partial charge in [0.1, 0.15) is 6.04 Å². The van der Waals surface area contributed by atoms with E-state index in [1.54, 1.807) is 25.2 Å². The number of aldehydes is 1. The van der Waals surface area contributed by atoms with Crippen LogP contribution in [0.1, 0.15) is 59.2 Å². The maximum atomic E-state index is 13.0. The van der Waals surface area contributed by atoms with E-state index in [4.69, 9.17) is 0 Å². The van der Waals surface area contributed by atoms with Crippen LogP contribution in [-0.2, 0) is 9.59 Å². The summed E-state index contributed by atoms with van der Waals surface area (Å²) < 4.78 is 0. The van der Waals surface area contributed by atoms with E-state index in [2.05, 4.69) is 17.2 Å². The number of hydrogen-bond acceptors (Lipinski definition) is 5. The molecule has 8 nitrogen and oxygen atoms in total. The molecule has 2 N–H and O–H groups in total. The third-order valence-corrected chi connectivity index (χ3v) is 6.44. The van der Waals surface area contributed by atoms with Crippen LogP contribution in [0.5, 0.6) is 0 Å². The highest BCUT2D eigenvalue weighted by atomic mass is 16.2. The van der Waals surface area contributed by atoms with E-state index in [0.717, 1.165) is 57.4 Å². The first kappa shape index (κ1) is 23.5. The van der Waals surface area contributed by atoms with Crippen molar-refractivity contribution in [2.75, 3.05) is 32.0 Å². The highest BCUT2D eigenvalue weighted by molar-refractivity contribution is 6.03. The molecule has 8 heteroatoms. The van der Waals surface area contributed by atoms with Gasteiger partial charge in [0.15, 0.2) is 6.29 Å². The van der Waals surface area contributed by atoms with E-state index in [1.807, 2.05) is 4.90 Å². The Bertz CT molecular complexity index is 877. The lowest BCUT2D eigenvalue weighted by Gasteiger charge is -2.31. The molecule has 0 aliphatic carbocycles. The summed E-state index contributed by atoms with van der Waals surface area (Å²) in [7, 11) is 1.58. The van der Waals surface area contributed by atoms with Crippen molar-refractivity contribution in [1.82, 2.24) is 15.1 Å². The first-order valence-corrected chi connectivity index (χ1v) is 11.2. The summed E-state index contributed by atoms with van der Waals surface area (Å²) in [6, 6.07) is 4.53. The Morgan fingerprint density at radius 2 is 2.03 bits per heavy atom. The van der Waals surface area contributed by atoms with Crippen molar-refractivity contribution in [3.8, 4) is 0 Å². The van der Waals surface area contributed by atoms with Crippen molar-refractivity contribution in [3.05, 3.63) is 41.6 Å². The second-order valence-corrected chi connectivity index (χ2v) is 8.64. The first-order chi connectivity index (χ1) is 15.4. The van der Waals surface area contributed by atoms with Gasteiger partial charge in [0, 0.05) is 43.6 Å². The minimum atomic E-state index is -0.580.